The molecule has 0 spiro atoms. The standard InChI is InChI=1S/C18H20N2O5S2/c1-3-25-18(23)20-7-6-12-13(10-20)27-16(15(12)17(22)24-2)19-14(21)9-11-5-4-8-26-11/h4-5,8H,3,6-7,9-10H2,1-2H3,(H,19,21). The summed E-state index contributed by atoms with van der Waals surface area (Å²) in [6.07, 6.45) is 0.380. The predicted molar refractivity (Wildman–Crippen MR) is 103 cm³/mol. The van der Waals surface area contributed by atoms with Gasteiger partial charge in [0, 0.05) is 16.3 Å². The highest BCUT2D eigenvalue weighted by Crippen LogP contribution is 2.37. The Hall–Kier alpha value is -2.39. The Kier molecular flexibility index (Phi) is 6.12. The Bertz CT molecular complexity index is 844. The summed E-state index contributed by atoms with van der Waals surface area (Å²) in [6, 6.07) is 3.78. The monoisotopic (exact) mass is 408 g/mol. The fourth-order valence-corrected chi connectivity index (χ4v) is 4.89. The summed E-state index contributed by atoms with van der Waals surface area (Å²) in [5, 5.41) is 5.23. The molecule has 0 saturated carbocycles. The van der Waals surface area contributed by atoms with Crippen molar-refractivity contribution in [3.63, 3.8) is 0 Å². The van der Waals surface area contributed by atoms with Crippen LogP contribution in [0.2, 0.25) is 0 Å². The Labute approximate surface area is 164 Å². The highest BCUT2D eigenvalue weighted by atomic mass is 32.1. The largest absolute Gasteiger partial charge is 0.465 e. The summed E-state index contributed by atoms with van der Waals surface area (Å²) in [7, 11) is 1.32. The van der Waals surface area contributed by atoms with Gasteiger partial charge < -0.3 is 19.7 Å². The summed E-state index contributed by atoms with van der Waals surface area (Å²) in [4.78, 5) is 40.1. The number of hydrogen-bond donors (Lipinski definition) is 1. The zero-order valence-corrected chi connectivity index (χ0v) is 16.7. The first-order valence-corrected chi connectivity index (χ1v) is 10.2. The van der Waals surface area contributed by atoms with Gasteiger partial charge in [0.2, 0.25) is 5.91 Å². The number of carbonyl (C=O) groups excluding carboxylic acids is 3. The number of fused-ring (bicyclic) bond motifs is 1. The van der Waals surface area contributed by atoms with Gasteiger partial charge in [0.25, 0.3) is 0 Å². The van der Waals surface area contributed by atoms with Gasteiger partial charge in [-0.25, -0.2) is 9.59 Å². The van der Waals surface area contributed by atoms with E-state index in [1.165, 1.54) is 29.8 Å². The Morgan fingerprint density at radius 3 is 2.81 bits per heavy atom. The van der Waals surface area contributed by atoms with E-state index < -0.39 is 5.97 Å². The number of ether oxygens (including phenoxy) is 2. The topological polar surface area (TPSA) is 84.9 Å². The third kappa shape index (κ3) is 4.30. The van der Waals surface area contributed by atoms with Gasteiger partial charge in [0.15, 0.2) is 0 Å². The minimum atomic E-state index is -0.483. The summed E-state index contributed by atoms with van der Waals surface area (Å²) < 4.78 is 9.97. The molecule has 9 heteroatoms. The van der Waals surface area contributed by atoms with E-state index in [0.29, 0.717) is 36.7 Å². The predicted octanol–water partition coefficient (Wildman–Crippen LogP) is 3.29. The van der Waals surface area contributed by atoms with Gasteiger partial charge in [-0.05, 0) is 30.4 Å². The molecule has 0 aromatic carbocycles. The molecule has 3 heterocycles. The van der Waals surface area contributed by atoms with E-state index in [2.05, 4.69) is 5.32 Å². The van der Waals surface area contributed by atoms with Crippen molar-refractivity contribution < 1.29 is 23.9 Å². The van der Waals surface area contributed by atoms with Crippen LogP contribution in [0.25, 0.3) is 0 Å². The lowest BCUT2D eigenvalue weighted by Crippen LogP contribution is -2.36. The van der Waals surface area contributed by atoms with Crippen LogP contribution in [-0.4, -0.2) is 43.1 Å². The molecule has 0 atom stereocenters. The van der Waals surface area contributed by atoms with Crippen molar-refractivity contribution in [2.45, 2.75) is 26.3 Å². The molecule has 0 aliphatic carbocycles. The third-order valence-corrected chi connectivity index (χ3v) is 6.15. The maximum atomic E-state index is 12.4. The van der Waals surface area contributed by atoms with E-state index in [1.807, 2.05) is 17.5 Å². The number of rotatable bonds is 5. The molecule has 3 rings (SSSR count). The van der Waals surface area contributed by atoms with Crippen molar-refractivity contribution in [1.82, 2.24) is 4.90 Å². The third-order valence-electron chi connectivity index (χ3n) is 4.14. The second-order valence-corrected chi connectivity index (χ2v) is 8.01. The molecule has 0 saturated heterocycles. The van der Waals surface area contributed by atoms with Crippen molar-refractivity contribution in [1.29, 1.82) is 0 Å². The Balaban J connectivity index is 1.83. The molecule has 0 unspecified atom stereocenters. The molecule has 144 valence electrons. The number of esters is 1. The van der Waals surface area contributed by atoms with E-state index in [1.54, 1.807) is 11.8 Å². The number of thiophene rings is 2. The first-order valence-electron chi connectivity index (χ1n) is 8.50. The highest BCUT2D eigenvalue weighted by Gasteiger charge is 2.31. The summed E-state index contributed by atoms with van der Waals surface area (Å²) in [5.41, 5.74) is 1.22. The van der Waals surface area contributed by atoms with Crippen LogP contribution in [0.5, 0.6) is 0 Å². The molecule has 27 heavy (non-hydrogen) atoms. The van der Waals surface area contributed by atoms with Crippen molar-refractivity contribution in [2.75, 3.05) is 25.6 Å². The minimum Gasteiger partial charge on any atom is -0.465 e. The second-order valence-electron chi connectivity index (χ2n) is 5.87. The van der Waals surface area contributed by atoms with Crippen LogP contribution in [0, 0.1) is 0 Å². The molecule has 2 amide bonds. The van der Waals surface area contributed by atoms with Crippen LogP contribution in [0.15, 0.2) is 17.5 Å². The average molecular weight is 409 g/mol. The molecule has 1 N–H and O–H groups in total. The van der Waals surface area contributed by atoms with Crippen molar-refractivity contribution in [3.05, 3.63) is 38.4 Å². The number of amides is 2. The highest BCUT2D eigenvalue weighted by molar-refractivity contribution is 7.17. The zero-order valence-electron chi connectivity index (χ0n) is 15.1. The van der Waals surface area contributed by atoms with E-state index >= 15 is 0 Å². The fraction of sp³-hybridized carbons (Fsp3) is 0.389. The first kappa shape index (κ1) is 19.4. The van der Waals surface area contributed by atoms with E-state index in [4.69, 9.17) is 9.47 Å². The van der Waals surface area contributed by atoms with Crippen LogP contribution in [0.4, 0.5) is 9.80 Å². The second kappa shape index (κ2) is 8.53. The number of nitrogens with zero attached hydrogens (tertiary/aromatic N) is 1. The molecular weight excluding hydrogens is 388 g/mol. The van der Waals surface area contributed by atoms with E-state index in [0.717, 1.165) is 15.3 Å². The van der Waals surface area contributed by atoms with Gasteiger partial charge in [-0.15, -0.1) is 22.7 Å². The van der Waals surface area contributed by atoms with Gasteiger partial charge in [-0.1, -0.05) is 6.07 Å². The molecule has 7 nitrogen and oxygen atoms in total. The average Bonchev–Trinajstić information content (AvgIpc) is 3.27. The normalized spacial score (nSPS) is 13.0. The number of hydrogen-bond acceptors (Lipinski definition) is 7. The van der Waals surface area contributed by atoms with Crippen LogP contribution in [0.3, 0.4) is 0 Å². The summed E-state index contributed by atoms with van der Waals surface area (Å²) in [5.74, 6) is -0.674. The van der Waals surface area contributed by atoms with Gasteiger partial charge in [0.05, 0.1) is 32.2 Å². The minimum absolute atomic E-state index is 0.191. The molecular formula is C18H20N2O5S2. The molecule has 1 aliphatic heterocycles. The van der Waals surface area contributed by atoms with Gasteiger partial charge in [-0.2, -0.15) is 0 Å². The molecule has 2 aromatic rings. The lowest BCUT2D eigenvalue weighted by atomic mass is 10.0. The number of anilines is 1. The summed E-state index contributed by atoms with van der Waals surface area (Å²) >= 11 is 2.81. The quantitative estimate of drug-likeness (QED) is 0.768. The SMILES string of the molecule is CCOC(=O)N1CCc2c(sc(NC(=O)Cc3cccs3)c2C(=O)OC)C1. The maximum absolute atomic E-state index is 12.4. The number of carbonyl (C=O) groups is 3. The zero-order chi connectivity index (χ0) is 19.4. The molecule has 0 bridgehead atoms. The molecule has 2 aromatic heterocycles. The van der Waals surface area contributed by atoms with Crippen LogP contribution >= 0.6 is 22.7 Å². The lowest BCUT2D eigenvalue weighted by Gasteiger charge is -2.26. The Morgan fingerprint density at radius 2 is 2.15 bits per heavy atom. The van der Waals surface area contributed by atoms with Crippen LogP contribution < -0.4 is 5.32 Å². The van der Waals surface area contributed by atoms with Crippen molar-refractivity contribution in [3.8, 4) is 0 Å². The fourth-order valence-electron chi connectivity index (χ4n) is 2.92. The smallest absolute Gasteiger partial charge is 0.410 e. The number of methoxy groups -OCH3 is 1. The first-order chi connectivity index (χ1) is 13.0. The van der Waals surface area contributed by atoms with Gasteiger partial charge in [0.1, 0.15) is 5.00 Å². The summed E-state index contributed by atoms with van der Waals surface area (Å²) in [6.45, 7) is 2.87. The Morgan fingerprint density at radius 1 is 1.33 bits per heavy atom. The van der Waals surface area contributed by atoms with Gasteiger partial charge in [-0.3, -0.25) is 4.79 Å². The van der Waals surface area contributed by atoms with Crippen LogP contribution in [-0.2, 0) is 33.7 Å². The van der Waals surface area contributed by atoms with E-state index in [-0.39, 0.29) is 18.4 Å². The van der Waals surface area contributed by atoms with E-state index in [9.17, 15) is 14.4 Å². The molecule has 0 fully saturated rings. The van der Waals surface area contributed by atoms with Crippen molar-refractivity contribution in [2.24, 2.45) is 0 Å². The number of nitrogens with one attached hydrogen (secondary N) is 1. The van der Waals surface area contributed by atoms with Crippen molar-refractivity contribution >= 4 is 45.6 Å². The maximum Gasteiger partial charge on any atom is 0.410 e. The lowest BCUT2D eigenvalue weighted by molar-refractivity contribution is -0.115. The van der Waals surface area contributed by atoms with Gasteiger partial charge >= 0.3 is 12.1 Å². The molecule has 0 radical (unpaired) electrons. The van der Waals surface area contributed by atoms with Crippen LogP contribution in [0.1, 0.15) is 32.6 Å². The molecule has 1 aliphatic rings.